The number of benzene rings is 1. The van der Waals surface area contributed by atoms with E-state index >= 15 is 0 Å². The maximum Gasteiger partial charge on any atom is 0.219 e. The van der Waals surface area contributed by atoms with Crippen LogP contribution in [-0.2, 0) is 4.79 Å². The van der Waals surface area contributed by atoms with Gasteiger partial charge in [-0.25, -0.2) is 0 Å². The second-order valence-corrected chi connectivity index (χ2v) is 5.28. The van der Waals surface area contributed by atoms with Crippen molar-refractivity contribution in [1.82, 2.24) is 5.32 Å². The van der Waals surface area contributed by atoms with E-state index in [1.165, 1.54) is 5.69 Å². The lowest BCUT2D eigenvalue weighted by atomic mass is 9.84. The van der Waals surface area contributed by atoms with Crippen LogP contribution in [-0.4, -0.2) is 31.1 Å². The highest BCUT2D eigenvalue weighted by Gasteiger charge is 2.35. The van der Waals surface area contributed by atoms with E-state index in [4.69, 9.17) is 5.73 Å². The number of hydrogen-bond acceptors (Lipinski definition) is 3. The zero-order valence-electron chi connectivity index (χ0n) is 11.6. The minimum Gasteiger partial charge on any atom is -0.371 e. The van der Waals surface area contributed by atoms with Crippen LogP contribution in [0.1, 0.15) is 26.2 Å². The molecular weight excluding hydrogens is 238 g/mol. The monoisotopic (exact) mass is 261 g/mol. The molecule has 1 heterocycles. The lowest BCUT2D eigenvalue weighted by molar-refractivity contribution is -0.119. The van der Waals surface area contributed by atoms with E-state index in [9.17, 15) is 4.79 Å². The number of hydrogen-bond donors (Lipinski definition) is 2. The largest absolute Gasteiger partial charge is 0.371 e. The molecule has 1 fully saturated rings. The summed E-state index contributed by atoms with van der Waals surface area (Å²) < 4.78 is 0. The Morgan fingerprint density at radius 1 is 1.32 bits per heavy atom. The number of piperidine rings is 1. The van der Waals surface area contributed by atoms with E-state index in [0.717, 1.165) is 32.5 Å². The highest BCUT2D eigenvalue weighted by Crippen LogP contribution is 2.28. The minimum absolute atomic E-state index is 0.105. The van der Waals surface area contributed by atoms with E-state index in [2.05, 4.69) is 41.4 Å². The summed E-state index contributed by atoms with van der Waals surface area (Å²) in [5.41, 5.74) is 6.54. The lowest BCUT2D eigenvalue weighted by Crippen LogP contribution is -2.55. The Kier molecular flexibility index (Phi) is 4.43. The van der Waals surface area contributed by atoms with Gasteiger partial charge in [-0.05, 0) is 31.5 Å². The van der Waals surface area contributed by atoms with Crippen molar-refractivity contribution in [3.63, 3.8) is 0 Å². The van der Waals surface area contributed by atoms with Crippen LogP contribution in [0.25, 0.3) is 0 Å². The first-order valence-electron chi connectivity index (χ1n) is 6.98. The van der Waals surface area contributed by atoms with Gasteiger partial charge in [0.1, 0.15) is 0 Å². The maximum atomic E-state index is 11.3. The molecule has 3 N–H and O–H groups in total. The summed E-state index contributed by atoms with van der Waals surface area (Å²) in [6.07, 6.45) is 2.35. The lowest BCUT2D eigenvalue weighted by Gasteiger charge is -2.42. The third kappa shape index (κ3) is 3.47. The Hall–Kier alpha value is -1.55. The molecule has 1 aliphatic rings. The highest BCUT2D eigenvalue weighted by atomic mass is 16.1. The van der Waals surface area contributed by atoms with Crippen LogP contribution in [0, 0.1) is 0 Å². The van der Waals surface area contributed by atoms with Gasteiger partial charge in [0.05, 0.1) is 0 Å². The molecule has 1 saturated heterocycles. The summed E-state index contributed by atoms with van der Waals surface area (Å²) in [5, 5.41) is 3.47. The van der Waals surface area contributed by atoms with Gasteiger partial charge in [0.25, 0.3) is 0 Å². The second kappa shape index (κ2) is 6.06. The van der Waals surface area contributed by atoms with Crippen LogP contribution >= 0.6 is 0 Å². The van der Waals surface area contributed by atoms with Crippen LogP contribution in [0.4, 0.5) is 5.69 Å². The Labute approximate surface area is 115 Å². The van der Waals surface area contributed by atoms with Gasteiger partial charge >= 0.3 is 0 Å². The molecule has 2 rings (SSSR count). The predicted molar refractivity (Wildman–Crippen MR) is 78.1 cm³/mol. The van der Waals surface area contributed by atoms with Crippen molar-refractivity contribution in [2.24, 2.45) is 5.73 Å². The predicted octanol–water partition coefficient (Wildman–Crippen LogP) is 1.51. The molecule has 1 aliphatic heterocycles. The van der Waals surface area contributed by atoms with Crippen molar-refractivity contribution in [3.05, 3.63) is 30.3 Å². The van der Waals surface area contributed by atoms with Crippen molar-refractivity contribution in [2.45, 2.75) is 31.7 Å². The number of nitrogens with one attached hydrogen (secondary N) is 1. The van der Waals surface area contributed by atoms with Crippen molar-refractivity contribution in [1.29, 1.82) is 0 Å². The molecule has 19 heavy (non-hydrogen) atoms. The van der Waals surface area contributed by atoms with Gasteiger partial charge in [0, 0.05) is 30.7 Å². The molecule has 0 aromatic heterocycles. The smallest absolute Gasteiger partial charge is 0.219 e. The van der Waals surface area contributed by atoms with Crippen LogP contribution in [0.5, 0.6) is 0 Å². The Morgan fingerprint density at radius 3 is 2.47 bits per heavy atom. The van der Waals surface area contributed by atoms with E-state index in [1.807, 2.05) is 6.07 Å². The summed E-state index contributed by atoms with van der Waals surface area (Å²) in [6, 6.07) is 10.4. The molecule has 1 aromatic carbocycles. The molecular formula is C15H23N3O. The molecule has 1 aromatic rings. The van der Waals surface area contributed by atoms with E-state index in [1.54, 1.807) is 0 Å². The van der Waals surface area contributed by atoms with Crippen molar-refractivity contribution >= 4 is 11.6 Å². The molecule has 0 saturated carbocycles. The first-order chi connectivity index (χ1) is 9.15. The van der Waals surface area contributed by atoms with Crippen molar-refractivity contribution < 1.29 is 4.79 Å². The molecule has 104 valence electrons. The molecule has 0 unspecified atom stereocenters. The molecule has 0 bridgehead atoms. The zero-order chi connectivity index (χ0) is 13.7. The second-order valence-electron chi connectivity index (χ2n) is 5.28. The fourth-order valence-electron chi connectivity index (χ4n) is 2.96. The highest BCUT2D eigenvalue weighted by molar-refractivity contribution is 5.75. The normalized spacial score (nSPS) is 18.3. The number of primary amides is 1. The average molecular weight is 261 g/mol. The molecule has 0 radical (unpaired) electrons. The zero-order valence-corrected chi connectivity index (χ0v) is 11.6. The summed E-state index contributed by atoms with van der Waals surface area (Å²) >= 11 is 0. The van der Waals surface area contributed by atoms with Crippen LogP contribution in [0.2, 0.25) is 0 Å². The average Bonchev–Trinajstić information content (AvgIpc) is 2.40. The summed E-state index contributed by atoms with van der Waals surface area (Å²) in [6.45, 7) is 4.87. The molecule has 4 nitrogen and oxygen atoms in total. The first kappa shape index (κ1) is 13.9. The van der Waals surface area contributed by atoms with Crippen molar-refractivity contribution in [2.75, 3.05) is 24.5 Å². The summed E-state index contributed by atoms with van der Waals surface area (Å²) in [7, 11) is 0. The Balaban J connectivity index is 2.01. The Bertz CT molecular complexity index is 411. The number of amides is 1. The molecule has 1 amide bonds. The number of rotatable bonds is 5. The van der Waals surface area contributed by atoms with Gasteiger partial charge in [-0.2, -0.15) is 0 Å². The third-order valence-corrected chi connectivity index (χ3v) is 3.91. The topological polar surface area (TPSA) is 58.4 Å². The first-order valence-corrected chi connectivity index (χ1v) is 6.98. The van der Waals surface area contributed by atoms with Crippen LogP contribution < -0.4 is 16.0 Å². The molecule has 4 heteroatoms. The van der Waals surface area contributed by atoms with Gasteiger partial charge in [0.15, 0.2) is 0 Å². The number of carbonyl (C=O) groups is 1. The van der Waals surface area contributed by atoms with Gasteiger partial charge in [-0.1, -0.05) is 25.1 Å². The number of nitrogens with two attached hydrogens (primary N) is 1. The quantitative estimate of drug-likeness (QED) is 0.844. The van der Waals surface area contributed by atoms with Gasteiger partial charge in [0.2, 0.25) is 5.91 Å². The van der Waals surface area contributed by atoms with E-state index in [0.29, 0.717) is 6.42 Å². The van der Waals surface area contributed by atoms with E-state index in [-0.39, 0.29) is 11.4 Å². The van der Waals surface area contributed by atoms with Crippen LogP contribution in [0.15, 0.2) is 30.3 Å². The third-order valence-electron chi connectivity index (χ3n) is 3.91. The molecule has 0 spiro atoms. The number of anilines is 1. The van der Waals surface area contributed by atoms with Gasteiger partial charge in [-0.15, -0.1) is 0 Å². The standard InChI is InChI=1S/C15H23N3O/c1-2-17-15(12-14(16)19)8-10-18(11-9-15)13-6-4-3-5-7-13/h3-7,17H,2,8-12H2,1H3,(H2,16,19). The van der Waals surface area contributed by atoms with Gasteiger partial charge < -0.3 is 16.0 Å². The van der Waals surface area contributed by atoms with Gasteiger partial charge in [-0.3, -0.25) is 4.79 Å². The van der Waals surface area contributed by atoms with E-state index < -0.39 is 0 Å². The van der Waals surface area contributed by atoms with Crippen molar-refractivity contribution in [3.8, 4) is 0 Å². The maximum absolute atomic E-state index is 11.3. The summed E-state index contributed by atoms with van der Waals surface area (Å²) in [4.78, 5) is 13.6. The number of para-hydroxylation sites is 1. The fraction of sp³-hybridized carbons (Fsp3) is 0.533. The number of carbonyl (C=O) groups excluding carboxylic acids is 1. The van der Waals surface area contributed by atoms with Crippen LogP contribution in [0.3, 0.4) is 0 Å². The summed E-state index contributed by atoms with van der Waals surface area (Å²) in [5.74, 6) is -0.214. The number of nitrogens with zero attached hydrogens (tertiary/aromatic N) is 1. The molecule has 0 aliphatic carbocycles. The Morgan fingerprint density at radius 2 is 1.95 bits per heavy atom. The SMILES string of the molecule is CCNC1(CC(N)=O)CCN(c2ccccc2)CC1. The minimum atomic E-state index is -0.214. The fourth-order valence-corrected chi connectivity index (χ4v) is 2.96. The molecule has 0 atom stereocenters.